The maximum absolute atomic E-state index is 11.8. The van der Waals surface area contributed by atoms with Gasteiger partial charge in [-0.1, -0.05) is 5.16 Å². The van der Waals surface area contributed by atoms with Crippen LogP contribution in [0.5, 0.6) is 0 Å². The average molecular weight is 268 g/mol. The molecule has 0 bridgehead atoms. The van der Waals surface area contributed by atoms with E-state index in [4.69, 9.17) is 0 Å². The smallest absolute Gasteiger partial charge is 0.268 e. The van der Waals surface area contributed by atoms with E-state index in [0.29, 0.717) is 19.6 Å². The van der Waals surface area contributed by atoms with Crippen molar-refractivity contribution in [1.29, 1.82) is 0 Å². The molecule has 7 heteroatoms. The van der Waals surface area contributed by atoms with Crippen LogP contribution in [0.25, 0.3) is 0 Å². The summed E-state index contributed by atoms with van der Waals surface area (Å²) in [7, 11) is 1.41. The Morgan fingerprint density at radius 2 is 1.79 bits per heavy atom. The normalized spacial score (nSPS) is 20.5. The number of likely N-dealkylation sites (tertiary alicyclic amines) is 1. The van der Waals surface area contributed by atoms with Gasteiger partial charge >= 0.3 is 0 Å². The Hall–Kier alpha value is -1.63. The number of rotatable bonds is 4. The molecule has 7 nitrogen and oxygen atoms in total. The molecule has 0 N–H and O–H groups in total. The molecule has 0 aromatic heterocycles. The van der Waals surface area contributed by atoms with Crippen molar-refractivity contribution in [3.8, 4) is 0 Å². The van der Waals surface area contributed by atoms with Gasteiger partial charge in [-0.25, -0.2) is 0 Å². The lowest BCUT2D eigenvalue weighted by Gasteiger charge is -2.36. The quantitative estimate of drug-likeness (QED) is 0.484. The van der Waals surface area contributed by atoms with E-state index in [1.807, 2.05) is 4.90 Å². The molecule has 0 spiro atoms. The minimum absolute atomic E-state index is 0.143. The minimum atomic E-state index is -0.143. The Balaban J connectivity index is 1.71. The minimum Gasteiger partial charge on any atom is -0.399 e. The second-order valence-corrected chi connectivity index (χ2v) is 4.75. The maximum Gasteiger partial charge on any atom is 0.268 e. The Bertz CT molecular complexity index is 360. The van der Waals surface area contributed by atoms with Crippen molar-refractivity contribution < 1.29 is 14.4 Å². The second-order valence-electron chi connectivity index (χ2n) is 4.75. The Labute approximate surface area is 112 Å². The SMILES string of the molecule is CO/N=C/C(=O)N1CCN(CC(=O)N2CCC2)CC1. The fourth-order valence-corrected chi connectivity index (χ4v) is 2.16. The highest BCUT2D eigenvalue weighted by molar-refractivity contribution is 6.25. The van der Waals surface area contributed by atoms with Crippen molar-refractivity contribution >= 4 is 18.0 Å². The van der Waals surface area contributed by atoms with Gasteiger partial charge in [0.25, 0.3) is 5.91 Å². The summed E-state index contributed by atoms with van der Waals surface area (Å²) in [5.41, 5.74) is 0. The third kappa shape index (κ3) is 3.66. The highest BCUT2D eigenvalue weighted by atomic mass is 16.6. The van der Waals surface area contributed by atoms with E-state index in [1.54, 1.807) is 4.90 Å². The summed E-state index contributed by atoms with van der Waals surface area (Å²) in [6.07, 6.45) is 2.30. The molecule has 0 unspecified atom stereocenters. The van der Waals surface area contributed by atoms with Gasteiger partial charge in [-0.2, -0.15) is 0 Å². The second kappa shape index (κ2) is 6.51. The topological polar surface area (TPSA) is 65.5 Å². The van der Waals surface area contributed by atoms with Crippen LogP contribution in [-0.2, 0) is 14.4 Å². The summed E-state index contributed by atoms with van der Waals surface area (Å²) in [4.78, 5) is 33.6. The summed E-state index contributed by atoms with van der Waals surface area (Å²) >= 11 is 0. The van der Waals surface area contributed by atoms with Crippen LogP contribution in [0.3, 0.4) is 0 Å². The molecule has 0 radical (unpaired) electrons. The number of carbonyl (C=O) groups is 2. The van der Waals surface area contributed by atoms with Gasteiger partial charge < -0.3 is 14.6 Å². The molecule has 0 aliphatic carbocycles. The van der Waals surface area contributed by atoms with Crippen molar-refractivity contribution in [2.75, 3.05) is 52.9 Å². The first-order valence-electron chi connectivity index (χ1n) is 6.56. The molecule has 106 valence electrons. The van der Waals surface area contributed by atoms with Crippen LogP contribution >= 0.6 is 0 Å². The first-order chi connectivity index (χ1) is 9.20. The predicted octanol–water partition coefficient (Wildman–Crippen LogP) is -1.00. The van der Waals surface area contributed by atoms with Gasteiger partial charge in [0.15, 0.2) is 0 Å². The maximum atomic E-state index is 11.8. The summed E-state index contributed by atoms with van der Waals surface area (Å²) in [5, 5.41) is 3.47. The van der Waals surface area contributed by atoms with Crippen LogP contribution in [-0.4, -0.2) is 85.7 Å². The van der Waals surface area contributed by atoms with Gasteiger partial charge in [0.05, 0.1) is 6.54 Å². The van der Waals surface area contributed by atoms with E-state index in [2.05, 4.69) is 14.9 Å². The van der Waals surface area contributed by atoms with E-state index in [0.717, 1.165) is 32.6 Å². The molecule has 0 atom stereocenters. The predicted molar refractivity (Wildman–Crippen MR) is 69.7 cm³/mol. The number of oxime groups is 1. The lowest BCUT2D eigenvalue weighted by molar-refractivity contribution is -0.136. The molecule has 2 aliphatic heterocycles. The fourth-order valence-electron chi connectivity index (χ4n) is 2.16. The van der Waals surface area contributed by atoms with Crippen molar-refractivity contribution in [1.82, 2.24) is 14.7 Å². The van der Waals surface area contributed by atoms with Crippen LogP contribution in [0.15, 0.2) is 5.16 Å². The van der Waals surface area contributed by atoms with Gasteiger partial charge in [0.1, 0.15) is 13.3 Å². The number of hydrogen-bond acceptors (Lipinski definition) is 5. The van der Waals surface area contributed by atoms with E-state index in [-0.39, 0.29) is 11.8 Å². The van der Waals surface area contributed by atoms with Gasteiger partial charge in [-0.15, -0.1) is 0 Å². The van der Waals surface area contributed by atoms with Gasteiger partial charge in [-0.3, -0.25) is 14.5 Å². The number of amides is 2. The average Bonchev–Trinajstić information content (AvgIpc) is 2.34. The van der Waals surface area contributed by atoms with Crippen molar-refractivity contribution in [2.45, 2.75) is 6.42 Å². The Morgan fingerprint density at radius 3 is 2.32 bits per heavy atom. The molecule has 2 aliphatic rings. The zero-order valence-electron chi connectivity index (χ0n) is 11.2. The zero-order chi connectivity index (χ0) is 13.7. The molecule has 2 saturated heterocycles. The first-order valence-corrected chi connectivity index (χ1v) is 6.56. The van der Waals surface area contributed by atoms with E-state index < -0.39 is 0 Å². The number of carbonyl (C=O) groups excluding carboxylic acids is 2. The van der Waals surface area contributed by atoms with E-state index >= 15 is 0 Å². The lowest BCUT2D eigenvalue weighted by Crippen LogP contribution is -2.53. The first kappa shape index (κ1) is 13.8. The summed E-state index contributed by atoms with van der Waals surface area (Å²) in [5.74, 6) is 0.0579. The molecule has 0 aromatic rings. The van der Waals surface area contributed by atoms with Crippen molar-refractivity contribution in [3.63, 3.8) is 0 Å². The molecule has 2 heterocycles. The summed E-state index contributed by atoms with van der Waals surface area (Å²) < 4.78 is 0. The Morgan fingerprint density at radius 1 is 1.11 bits per heavy atom. The number of hydrogen-bond donors (Lipinski definition) is 0. The fraction of sp³-hybridized carbons (Fsp3) is 0.750. The molecule has 2 amide bonds. The van der Waals surface area contributed by atoms with Gasteiger partial charge in [0, 0.05) is 39.3 Å². The molecular formula is C12H20N4O3. The highest BCUT2D eigenvalue weighted by Gasteiger charge is 2.25. The molecule has 19 heavy (non-hydrogen) atoms. The molecule has 0 aromatic carbocycles. The Kier molecular flexibility index (Phi) is 4.73. The summed E-state index contributed by atoms with van der Waals surface area (Å²) in [6.45, 7) is 4.96. The molecule has 2 rings (SSSR count). The number of piperazine rings is 1. The van der Waals surface area contributed by atoms with Crippen molar-refractivity contribution in [2.24, 2.45) is 5.16 Å². The standard InChI is InChI=1S/C12H20N4O3/c1-19-13-9-11(17)16-7-5-14(6-8-16)10-12(18)15-3-2-4-15/h9H,2-8,10H2,1H3/b13-9+. The van der Waals surface area contributed by atoms with Crippen LogP contribution in [0.4, 0.5) is 0 Å². The zero-order valence-corrected chi connectivity index (χ0v) is 11.2. The molecule has 2 fully saturated rings. The highest BCUT2D eigenvalue weighted by Crippen LogP contribution is 2.08. The number of nitrogens with zero attached hydrogens (tertiary/aromatic N) is 4. The van der Waals surface area contributed by atoms with Crippen LogP contribution in [0.2, 0.25) is 0 Å². The lowest BCUT2D eigenvalue weighted by atomic mass is 10.2. The molecule has 0 saturated carbocycles. The van der Waals surface area contributed by atoms with E-state index in [1.165, 1.54) is 13.3 Å². The third-order valence-corrected chi connectivity index (χ3v) is 3.52. The third-order valence-electron chi connectivity index (χ3n) is 3.52. The summed E-state index contributed by atoms with van der Waals surface area (Å²) in [6, 6.07) is 0. The van der Waals surface area contributed by atoms with Crippen LogP contribution < -0.4 is 0 Å². The monoisotopic (exact) mass is 268 g/mol. The van der Waals surface area contributed by atoms with Gasteiger partial charge in [-0.05, 0) is 6.42 Å². The largest absolute Gasteiger partial charge is 0.399 e. The van der Waals surface area contributed by atoms with E-state index in [9.17, 15) is 9.59 Å². The van der Waals surface area contributed by atoms with Crippen molar-refractivity contribution in [3.05, 3.63) is 0 Å². The van der Waals surface area contributed by atoms with Crippen LogP contribution in [0, 0.1) is 0 Å². The molecular weight excluding hydrogens is 248 g/mol. The van der Waals surface area contributed by atoms with Crippen LogP contribution in [0.1, 0.15) is 6.42 Å². The van der Waals surface area contributed by atoms with Gasteiger partial charge in [0.2, 0.25) is 5.91 Å².